The number of rotatable bonds is 7. The molecular weight excluding hydrogens is 748 g/mol. The van der Waals surface area contributed by atoms with E-state index in [2.05, 4.69) is 74.5 Å². The minimum atomic E-state index is -0.626. The van der Waals surface area contributed by atoms with E-state index in [1.807, 2.05) is 50.5 Å². The van der Waals surface area contributed by atoms with Crippen LogP contribution >= 0.6 is 11.3 Å². The van der Waals surface area contributed by atoms with Crippen molar-refractivity contribution in [2.24, 2.45) is 5.41 Å². The Morgan fingerprint density at radius 2 is 1.76 bits per heavy atom. The summed E-state index contributed by atoms with van der Waals surface area (Å²) in [6.07, 6.45) is 0.705. The third kappa shape index (κ3) is 15.5. The quantitative estimate of drug-likeness (QED) is 0.237. The third-order valence-corrected chi connectivity index (χ3v) is 9.89. The monoisotopic (exact) mass is 804 g/mol. The molecule has 13 nitrogen and oxygen atoms in total. The van der Waals surface area contributed by atoms with Crippen LogP contribution in [-0.4, -0.2) is 89.3 Å². The van der Waals surface area contributed by atoms with Crippen LogP contribution in [0.25, 0.3) is 16.6 Å². The van der Waals surface area contributed by atoms with Crippen LogP contribution in [0.3, 0.4) is 0 Å². The Bertz CT molecular complexity index is 1680. The standard InChI is InChI=1S/C17H20N2O4.C12H14N2S.C10H19NO2.CH2O.K.H2N/c1-10(2)11-4-3-5-12(8-11)14-9-19(17(22)23-14)13-6-7-15(20)18-16(13)21;1-9-12(15-8-14-9)11-5-3-10(4-6-11)7-13-2;1-10(2,3)6-9(13)11-5-4-8(12)7-11;1-2;;/h3-5,8,10,13-14H,6-7,9H2,1-2H3,(H,18,20,21);3-6,8,13H,7H2,1-2H3;8,12H,4-7H2,1-3H3;1H2;;1H2/q;;;;+1;-1. The van der Waals surface area contributed by atoms with E-state index in [1.165, 1.54) is 26.5 Å². The first-order valence-corrected chi connectivity index (χ1v) is 18.8. The molecule has 0 radical (unpaired) electrons. The number of β-amino-alcohol motifs (C(OH)–C–C–N with tert-alkyl or cyclic N) is 1. The summed E-state index contributed by atoms with van der Waals surface area (Å²) in [7, 11) is 1.96. The maximum absolute atomic E-state index is 12.1. The number of carbonyl (C=O) groups excluding carboxylic acids is 5. The number of piperidine rings is 1. The fourth-order valence-electron chi connectivity index (χ4n) is 6.10. The van der Waals surface area contributed by atoms with E-state index in [9.17, 15) is 24.3 Å². The van der Waals surface area contributed by atoms with Gasteiger partial charge in [0.05, 0.1) is 28.7 Å². The molecule has 3 saturated heterocycles. The number of benzene rings is 2. The van der Waals surface area contributed by atoms with E-state index in [0.717, 1.165) is 30.8 Å². The van der Waals surface area contributed by atoms with Crippen molar-refractivity contribution < 1.29 is 85.2 Å². The normalized spacial score (nSPS) is 18.9. The number of aryl methyl sites for hydroxylation is 1. The molecule has 0 saturated carbocycles. The van der Waals surface area contributed by atoms with E-state index < -0.39 is 18.0 Å². The molecule has 2 aromatic carbocycles. The molecule has 5 N–H and O–H groups in total. The van der Waals surface area contributed by atoms with Crippen LogP contribution in [0.4, 0.5) is 4.79 Å². The summed E-state index contributed by atoms with van der Waals surface area (Å²) in [5.74, 6) is -0.155. The molecule has 4 heterocycles. The van der Waals surface area contributed by atoms with Gasteiger partial charge in [0, 0.05) is 32.5 Å². The Kier molecular flexibility index (Phi) is 21.9. The molecule has 3 aromatic rings. The van der Waals surface area contributed by atoms with Crippen molar-refractivity contribution in [3.05, 3.63) is 82.6 Å². The average molecular weight is 805 g/mol. The topological polar surface area (TPSA) is 192 Å². The molecule has 3 atom stereocenters. The zero-order chi connectivity index (χ0) is 39.3. The van der Waals surface area contributed by atoms with Gasteiger partial charge in [0.25, 0.3) is 0 Å². The van der Waals surface area contributed by atoms with Gasteiger partial charge in [-0.05, 0) is 60.4 Å². The molecule has 3 fully saturated rings. The number of thiazole rings is 1. The van der Waals surface area contributed by atoms with Crippen molar-refractivity contribution in [2.45, 2.75) is 97.9 Å². The maximum Gasteiger partial charge on any atom is 1.00 e. The molecule has 55 heavy (non-hydrogen) atoms. The maximum atomic E-state index is 12.1. The van der Waals surface area contributed by atoms with E-state index in [-0.39, 0.29) is 93.4 Å². The summed E-state index contributed by atoms with van der Waals surface area (Å²) in [6.45, 7) is 16.9. The van der Waals surface area contributed by atoms with Gasteiger partial charge in [-0.15, -0.1) is 11.3 Å². The number of hydrogen-bond acceptors (Lipinski definition) is 10. The Morgan fingerprint density at radius 3 is 2.29 bits per heavy atom. The number of carbonyl (C=O) groups is 5. The third-order valence-electron chi connectivity index (χ3n) is 8.92. The Balaban J connectivity index is 0.000000415. The summed E-state index contributed by atoms with van der Waals surface area (Å²) >= 11 is 1.70. The fourth-order valence-corrected chi connectivity index (χ4v) is 6.91. The Hall–Kier alpha value is -2.86. The van der Waals surface area contributed by atoms with Crippen molar-refractivity contribution in [1.82, 2.24) is 25.4 Å². The second-order valence-electron chi connectivity index (χ2n) is 14.8. The molecule has 6 rings (SSSR count). The van der Waals surface area contributed by atoms with Crippen molar-refractivity contribution in [3.8, 4) is 10.4 Å². The van der Waals surface area contributed by atoms with Crippen LogP contribution in [-0.2, 0) is 30.5 Å². The van der Waals surface area contributed by atoms with Crippen LogP contribution in [0.1, 0.15) is 94.7 Å². The summed E-state index contributed by atoms with van der Waals surface area (Å²) in [4.78, 5) is 63.7. The number of cyclic esters (lactones) is 1. The van der Waals surface area contributed by atoms with Crippen LogP contribution < -0.4 is 62.0 Å². The number of nitrogens with two attached hydrogens (primary N) is 1. The summed E-state index contributed by atoms with van der Waals surface area (Å²) in [5, 5.41) is 14.7. The van der Waals surface area contributed by atoms with Gasteiger partial charge in [-0.25, -0.2) is 9.78 Å². The van der Waals surface area contributed by atoms with E-state index in [4.69, 9.17) is 9.53 Å². The number of aliphatic hydroxyl groups is 1. The van der Waals surface area contributed by atoms with Crippen LogP contribution in [0.5, 0.6) is 0 Å². The van der Waals surface area contributed by atoms with Gasteiger partial charge in [-0.1, -0.05) is 83.1 Å². The number of aliphatic hydroxyl groups excluding tert-OH is 1. The van der Waals surface area contributed by atoms with Crippen molar-refractivity contribution in [3.63, 3.8) is 0 Å². The number of imide groups is 1. The molecule has 3 aliphatic heterocycles. The van der Waals surface area contributed by atoms with Crippen LogP contribution in [0.2, 0.25) is 0 Å². The van der Waals surface area contributed by atoms with Crippen molar-refractivity contribution in [2.75, 3.05) is 26.7 Å². The van der Waals surface area contributed by atoms with Crippen LogP contribution in [0, 0.1) is 12.3 Å². The van der Waals surface area contributed by atoms with Gasteiger partial charge in [0.15, 0.2) is 0 Å². The van der Waals surface area contributed by atoms with Gasteiger partial charge in [0.1, 0.15) is 18.9 Å². The number of nitrogens with zero attached hydrogens (tertiary/aromatic N) is 3. The van der Waals surface area contributed by atoms with E-state index in [0.29, 0.717) is 31.8 Å². The van der Waals surface area contributed by atoms with Gasteiger partial charge in [-0.2, -0.15) is 0 Å². The van der Waals surface area contributed by atoms with Gasteiger partial charge in [-0.3, -0.25) is 24.6 Å². The predicted octanol–water partition coefficient (Wildman–Crippen LogP) is 3.50. The van der Waals surface area contributed by atoms with E-state index in [1.54, 1.807) is 16.2 Å². The van der Waals surface area contributed by atoms with Crippen LogP contribution in [0.15, 0.2) is 54.0 Å². The number of ether oxygens (including phenoxy) is 1. The Labute approximate surface area is 372 Å². The number of nitrogens with one attached hydrogen (secondary N) is 2. The van der Waals surface area contributed by atoms with Crippen molar-refractivity contribution >= 4 is 41.9 Å². The SMILES string of the molecule is C=O.CC(C)(C)CC(=O)N1CCC(O)C1.CC(C)c1cccc(C2CN(C3CCC(=O)NC3=O)C(=O)O2)c1.CNCc1ccc(-c2scnc2C)cc1.[K+].[NH2-]. The predicted molar refractivity (Wildman–Crippen MR) is 211 cm³/mol. The number of likely N-dealkylation sites (tertiary alicyclic amines) is 1. The first-order chi connectivity index (χ1) is 25.1. The number of amides is 4. The molecule has 296 valence electrons. The molecule has 0 bridgehead atoms. The number of hydrogen-bond donors (Lipinski definition) is 3. The van der Waals surface area contributed by atoms with Gasteiger partial charge >= 0.3 is 57.5 Å². The summed E-state index contributed by atoms with van der Waals surface area (Å²) in [6, 6.07) is 16.0. The molecular formula is C40H57KN6O7S. The average Bonchev–Trinajstić information content (AvgIpc) is 3.86. The van der Waals surface area contributed by atoms with Gasteiger partial charge < -0.3 is 31.0 Å². The van der Waals surface area contributed by atoms with Gasteiger partial charge in [0.2, 0.25) is 17.7 Å². The second kappa shape index (κ2) is 24.0. The zero-order valence-corrected chi connectivity index (χ0v) is 37.5. The first kappa shape index (κ1) is 50.2. The minimum Gasteiger partial charge on any atom is -0.693 e. The smallest absolute Gasteiger partial charge is 0.693 e. The summed E-state index contributed by atoms with van der Waals surface area (Å²) in [5.41, 5.74) is 7.73. The first-order valence-electron chi connectivity index (χ1n) is 17.9. The zero-order valence-electron chi connectivity index (χ0n) is 33.6. The second-order valence-corrected chi connectivity index (χ2v) is 15.7. The molecule has 0 spiro atoms. The largest absolute Gasteiger partial charge is 1.00 e. The molecule has 3 aliphatic rings. The fraction of sp³-hybridized carbons (Fsp3) is 0.500. The Morgan fingerprint density at radius 1 is 1.09 bits per heavy atom. The minimum absolute atomic E-state index is 0. The van der Waals surface area contributed by atoms with Crippen molar-refractivity contribution in [1.29, 1.82) is 0 Å². The number of aromatic nitrogens is 1. The summed E-state index contributed by atoms with van der Waals surface area (Å²) < 4.78 is 5.45. The molecule has 1 aromatic heterocycles. The molecule has 4 amide bonds. The molecule has 15 heteroatoms. The molecule has 0 aliphatic carbocycles. The molecule has 3 unspecified atom stereocenters. The van der Waals surface area contributed by atoms with E-state index >= 15 is 0 Å².